The first-order valence-electron chi connectivity index (χ1n) is 5.61. The monoisotopic (exact) mass is 267 g/mol. The Bertz CT molecular complexity index is 525. The molecule has 0 saturated carbocycles. The molecule has 2 rings (SSSR count). The van der Waals surface area contributed by atoms with E-state index in [4.69, 9.17) is 16.3 Å². The number of benzene rings is 1. The van der Waals surface area contributed by atoms with Gasteiger partial charge in [-0.15, -0.1) is 0 Å². The highest BCUT2D eigenvalue weighted by atomic mass is 35.5. The van der Waals surface area contributed by atoms with E-state index in [9.17, 15) is 9.59 Å². The van der Waals surface area contributed by atoms with Crippen LogP contribution in [0.1, 0.15) is 25.0 Å². The third-order valence-electron chi connectivity index (χ3n) is 2.85. The summed E-state index contributed by atoms with van der Waals surface area (Å²) in [4.78, 5) is 24.7. The number of aryl methyl sites for hydroxylation is 1. The number of cyclic esters (lactones) is 1. The van der Waals surface area contributed by atoms with Crippen molar-refractivity contribution < 1.29 is 14.3 Å². The van der Waals surface area contributed by atoms with Gasteiger partial charge >= 0.3 is 6.09 Å². The van der Waals surface area contributed by atoms with E-state index in [1.807, 2.05) is 19.1 Å². The average molecular weight is 268 g/mol. The highest BCUT2D eigenvalue weighted by Gasteiger charge is 2.47. The molecule has 5 heteroatoms. The molecule has 1 saturated heterocycles. The van der Waals surface area contributed by atoms with Crippen molar-refractivity contribution in [1.82, 2.24) is 4.90 Å². The molecule has 18 heavy (non-hydrogen) atoms. The normalized spacial score (nSPS) is 18.1. The van der Waals surface area contributed by atoms with Gasteiger partial charge in [0, 0.05) is 5.02 Å². The fourth-order valence-electron chi connectivity index (χ4n) is 1.86. The summed E-state index contributed by atoms with van der Waals surface area (Å²) >= 11 is 6.05. The molecule has 1 aromatic rings. The van der Waals surface area contributed by atoms with Gasteiger partial charge in [-0.25, -0.2) is 9.69 Å². The predicted octanol–water partition coefficient (Wildman–Crippen LogP) is 2.91. The van der Waals surface area contributed by atoms with Crippen LogP contribution in [0.3, 0.4) is 0 Å². The van der Waals surface area contributed by atoms with Gasteiger partial charge in [0.15, 0.2) is 5.60 Å². The molecule has 96 valence electrons. The SMILES string of the molecule is Cc1ccc(Cl)c(CN2C(=O)OC(C)(C)C2=O)c1. The van der Waals surface area contributed by atoms with Gasteiger partial charge in [-0.3, -0.25) is 4.79 Å². The Balaban J connectivity index is 2.27. The van der Waals surface area contributed by atoms with Crippen LogP contribution in [0.15, 0.2) is 18.2 Å². The van der Waals surface area contributed by atoms with Crippen LogP contribution in [0.4, 0.5) is 4.79 Å². The number of ether oxygens (including phenoxy) is 1. The number of carbonyl (C=O) groups is 2. The molecule has 0 atom stereocenters. The molecular formula is C13H14ClNO3. The number of halogens is 1. The lowest BCUT2D eigenvalue weighted by molar-refractivity contribution is -0.134. The van der Waals surface area contributed by atoms with Gasteiger partial charge in [-0.2, -0.15) is 0 Å². The molecule has 0 aliphatic carbocycles. The van der Waals surface area contributed by atoms with E-state index < -0.39 is 11.7 Å². The van der Waals surface area contributed by atoms with Gasteiger partial charge < -0.3 is 4.74 Å². The molecule has 1 heterocycles. The van der Waals surface area contributed by atoms with E-state index in [-0.39, 0.29) is 12.5 Å². The van der Waals surface area contributed by atoms with E-state index in [2.05, 4.69) is 0 Å². The highest BCUT2D eigenvalue weighted by Crippen LogP contribution is 2.27. The second kappa shape index (κ2) is 4.28. The number of hydrogen-bond donors (Lipinski definition) is 0. The van der Waals surface area contributed by atoms with E-state index in [0.29, 0.717) is 5.02 Å². The third kappa shape index (κ3) is 2.20. The van der Waals surface area contributed by atoms with Gasteiger partial charge in [0.2, 0.25) is 0 Å². The number of carbonyl (C=O) groups excluding carboxylic acids is 2. The molecule has 1 fully saturated rings. The van der Waals surface area contributed by atoms with E-state index >= 15 is 0 Å². The molecule has 1 aromatic carbocycles. The molecule has 2 amide bonds. The molecule has 1 aliphatic heterocycles. The summed E-state index contributed by atoms with van der Waals surface area (Å²) < 4.78 is 5.01. The van der Waals surface area contributed by atoms with Crippen LogP contribution < -0.4 is 0 Å². The highest BCUT2D eigenvalue weighted by molar-refractivity contribution is 6.31. The second-order valence-electron chi connectivity index (χ2n) is 4.86. The van der Waals surface area contributed by atoms with Crippen LogP contribution in [-0.2, 0) is 16.1 Å². The van der Waals surface area contributed by atoms with E-state index in [0.717, 1.165) is 16.0 Å². The van der Waals surface area contributed by atoms with E-state index in [1.54, 1.807) is 19.9 Å². The first-order chi connectivity index (χ1) is 8.31. The fraction of sp³-hybridized carbons (Fsp3) is 0.385. The minimum Gasteiger partial charge on any atom is -0.433 e. The number of nitrogens with zero attached hydrogens (tertiary/aromatic N) is 1. The second-order valence-corrected chi connectivity index (χ2v) is 5.27. The van der Waals surface area contributed by atoms with Crippen LogP contribution in [0.2, 0.25) is 5.02 Å². The van der Waals surface area contributed by atoms with Gasteiger partial charge in [-0.1, -0.05) is 29.3 Å². The Labute approximate surface area is 110 Å². The smallest absolute Gasteiger partial charge is 0.418 e. The Kier molecular flexibility index (Phi) is 3.07. The van der Waals surface area contributed by atoms with Crippen molar-refractivity contribution in [3.8, 4) is 0 Å². The Morgan fingerprint density at radius 2 is 2.00 bits per heavy atom. The molecule has 0 radical (unpaired) electrons. The summed E-state index contributed by atoms with van der Waals surface area (Å²) in [5.74, 6) is -0.343. The quantitative estimate of drug-likeness (QED) is 0.828. The largest absolute Gasteiger partial charge is 0.433 e. The first kappa shape index (κ1) is 12.9. The Hall–Kier alpha value is -1.55. The van der Waals surface area contributed by atoms with Crippen molar-refractivity contribution in [2.45, 2.75) is 32.9 Å². The summed E-state index contributed by atoms with van der Waals surface area (Å²) in [5.41, 5.74) is 0.668. The summed E-state index contributed by atoms with van der Waals surface area (Å²) in [5, 5.41) is 0.533. The molecular weight excluding hydrogens is 254 g/mol. The summed E-state index contributed by atoms with van der Waals surface area (Å²) in [6, 6.07) is 5.48. The average Bonchev–Trinajstić information content (AvgIpc) is 2.46. The summed E-state index contributed by atoms with van der Waals surface area (Å²) in [6.07, 6.45) is -0.623. The number of imide groups is 1. The first-order valence-corrected chi connectivity index (χ1v) is 5.99. The molecule has 0 spiro atoms. The van der Waals surface area contributed by atoms with Crippen LogP contribution >= 0.6 is 11.6 Å². The zero-order valence-electron chi connectivity index (χ0n) is 10.5. The van der Waals surface area contributed by atoms with Gasteiger partial charge in [-0.05, 0) is 32.4 Å². The topological polar surface area (TPSA) is 46.6 Å². The van der Waals surface area contributed by atoms with Gasteiger partial charge in [0.1, 0.15) is 0 Å². The van der Waals surface area contributed by atoms with Crippen molar-refractivity contribution >= 4 is 23.6 Å². The van der Waals surface area contributed by atoms with Crippen molar-refractivity contribution in [3.05, 3.63) is 34.3 Å². The molecule has 0 N–H and O–H groups in total. The van der Waals surface area contributed by atoms with Crippen LogP contribution in [-0.4, -0.2) is 22.5 Å². The summed E-state index contributed by atoms with van der Waals surface area (Å²) in [6.45, 7) is 5.21. The lowest BCUT2D eigenvalue weighted by Gasteiger charge is -2.14. The standard InChI is InChI=1S/C13H14ClNO3/c1-8-4-5-10(14)9(6-8)7-15-11(16)13(2,3)18-12(15)17/h4-6H,7H2,1-3H3. The molecule has 4 nitrogen and oxygen atoms in total. The number of rotatable bonds is 2. The minimum absolute atomic E-state index is 0.140. The zero-order valence-corrected chi connectivity index (χ0v) is 11.2. The lowest BCUT2D eigenvalue weighted by Crippen LogP contribution is -2.35. The van der Waals surface area contributed by atoms with Crippen LogP contribution in [0.25, 0.3) is 0 Å². The molecule has 0 unspecified atom stereocenters. The molecule has 0 bridgehead atoms. The van der Waals surface area contributed by atoms with Crippen LogP contribution in [0.5, 0.6) is 0 Å². The third-order valence-corrected chi connectivity index (χ3v) is 3.22. The maximum atomic E-state index is 12.0. The number of amides is 2. The molecule has 1 aliphatic rings. The van der Waals surface area contributed by atoms with Crippen molar-refractivity contribution in [3.63, 3.8) is 0 Å². The predicted molar refractivity (Wildman–Crippen MR) is 67.3 cm³/mol. The molecule has 0 aromatic heterocycles. The van der Waals surface area contributed by atoms with Gasteiger partial charge in [0.25, 0.3) is 5.91 Å². The Morgan fingerprint density at radius 1 is 1.33 bits per heavy atom. The van der Waals surface area contributed by atoms with Crippen LogP contribution in [0, 0.1) is 6.92 Å². The van der Waals surface area contributed by atoms with E-state index in [1.165, 1.54) is 0 Å². The number of hydrogen-bond acceptors (Lipinski definition) is 3. The maximum absolute atomic E-state index is 12.0. The fourth-order valence-corrected chi connectivity index (χ4v) is 2.03. The zero-order chi connectivity index (χ0) is 13.5. The minimum atomic E-state index is -1.09. The van der Waals surface area contributed by atoms with Gasteiger partial charge in [0.05, 0.1) is 6.54 Å². The Morgan fingerprint density at radius 3 is 2.56 bits per heavy atom. The van der Waals surface area contributed by atoms with Crippen molar-refractivity contribution in [1.29, 1.82) is 0 Å². The maximum Gasteiger partial charge on any atom is 0.418 e. The lowest BCUT2D eigenvalue weighted by atomic mass is 10.1. The van der Waals surface area contributed by atoms with Crippen molar-refractivity contribution in [2.24, 2.45) is 0 Å². The summed E-state index contributed by atoms with van der Waals surface area (Å²) in [7, 11) is 0. The van der Waals surface area contributed by atoms with Crippen molar-refractivity contribution in [2.75, 3.05) is 0 Å².